The highest BCUT2D eigenvalue weighted by Gasteiger charge is 2.41. The molecule has 2 saturated heterocycles. The average Bonchev–Trinajstić information content (AvgIpc) is 3.03. The number of β-amino-alcohol motifs (C(OH)–C–C–N with tert-alkyl or cyclic N) is 1. The molecular weight excluding hydrogens is 304 g/mol. The zero-order valence-electron chi connectivity index (χ0n) is 15.2. The summed E-state index contributed by atoms with van der Waals surface area (Å²) in [5.74, 6) is 0. The van der Waals surface area contributed by atoms with Gasteiger partial charge in [-0.3, -0.25) is 4.90 Å². The van der Waals surface area contributed by atoms with Crippen molar-refractivity contribution in [1.82, 2.24) is 9.80 Å². The van der Waals surface area contributed by atoms with E-state index in [1.807, 2.05) is 4.90 Å². The normalized spacial score (nSPS) is 28.4. The molecule has 3 fully saturated rings. The summed E-state index contributed by atoms with van der Waals surface area (Å²) in [5, 5.41) is 9.74. The molecule has 0 aromatic rings. The number of rotatable bonds is 4. The van der Waals surface area contributed by atoms with Gasteiger partial charge in [-0.1, -0.05) is 13.3 Å². The fourth-order valence-electron chi connectivity index (χ4n) is 4.74. The number of hydrogen-bond acceptors (Lipinski definition) is 4. The van der Waals surface area contributed by atoms with Gasteiger partial charge in [0.25, 0.3) is 0 Å². The first-order chi connectivity index (χ1) is 11.6. The van der Waals surface area contributed by atoms with Gasteiger partial charge in [-0.15, -0.1) is 0 Å². The minimum Gasteiger partial charge on any atom is -0.449 e. The molecule has 1 N–H and O–H groups in total. The largest absolute Gasteiger partial charge is 0.449 e. The minimum absolute atomic E-state index is 0.108. The van der Waals surface area contributed by atoms with Crippen LogP contribution in [0.15, 0.2) is 0 Å². The van der Waals surface area contributed by atoms with Gasteiger partial charge < -0.3 is 14.7 Å². The van der Waals surface area contributed by atoms with E-state index in [0.29, 0.717) is 18.1 Å². The fraction of sp³-hybridized carbons (Fsp3) is 0.947. The summed E-state index contributed by atoms with van der Waals surface area (Å²) in [7, 11) is 0. The molecule has 0 unspecified atom stereocenters. The topological polar surface area (TPSA) is 53.0 Å². The summed E-state index contributed by atoms with van der Waals surface area (Å²) in [6.45, 7) is 6.32. The zero-order valence-corrected chi connectivity index (χ0v) is 15.2. The van der Waals surface area contributed by atoms with Crippen LogP contribution < -0.4 is 0 Å². The number of aliphatic hydroxyl groups is 1. The molecule has 0 aromatic carbocycles. The Labute approximate surface area is 146 Å². The molecule has 0 radical (unpaired) electrons. The van der Waals surface area contributed by atoms with Crippen LogP contribution in [0.5, 0.6) is 0 Å². The number of likely N-dealkylation sites (tertiary alicyclic amines) is 2. The van der Waals surface area contributed by atoms with Crippen molar-refractivity contribution in [2.24, 2.45) is 5.41 Å². The second-order valence-corrected chi connectivity index (χ2v) is 8.12. The third-order valence-electron chi connectivity index (χ3n) is 6.53. The third-order valence-corrected chi connectivity index (χ3v) is 6.53. The van der Waals surface area contributed by atoms with Crippen LogP contribution in [-0.4, -0.2) is 65.9 Å². The molecule has 1 amide bonds. The maximum Gasteiger partial charge on any atom is 0.409 e. The van der Waals surface area contributed by atoms with Gasteiger partial charge in [-0.25, -0.2) is 4.79 Å². The second-order valence-electron chi connectivity index (χ2n) is 8.12. The maximum atomic E-state index is 12.1. The Kier molecular flexibility index (Phi) is 6.03. The standard InChI is InChI=1S/C19H34N2O3/c1-2-3-14-24-18(23)20-12-9-19(10-13-20)7-4-16(5-8-19)21-11-6-17(22)15-21/h16-17,22H,2-15H2,1H3/t17-/m1/s1. The lowest BCUT2D eigenvalue weighted by Crippen LogP contribution is -2.47. The van der Waals surface area contributed by atoms with Crippen molar-refractivity contribution in [2.45, 2.75) is 76.9 Å². The lowest BCUT2D eigenvalue weighted by Gasteiger charge is -2.47. The van der Waals surface area contributed by atoms with E-state index in [1.54, 1.807) is 0 Å². The lowest BCUT2D eigenvalue weighted by atomic mass is 9.67. The molecule has 138 valence electrons. The Morgan fingerprint density at radius 1 is 1.12 bits per heavy atom. The van der Waals surface area contributed by atoms with E-state index in [9.17, 15) is 9.90 Å². The number of unbranched alkanes of at least 4 members (excludes halogenated alkanes) is 1. The number of piperidine rings is 1. The van der Waals surface area contributed by atoms with E-state index in [-0.39, 0.29) is 12.2 Å². The van der Waals surface area contributed by atoms with Crippen molar-refractivity contribution in [1.29, 1.82) is 0 Å². The summed E-state index contributed by atoms with van der Waals surface area (Å²) >= 11 is 0. The Morgan fingerprint density at radius 3 is 2.42 bits per heavy atom. The van der Waals surface area contributed by atoms with Gasteiger partial charge in [-0.2, -0.15) is 0 Å². The molecule has 2 aliphatic heterocycles. The monoisotopic (exact) mass is 338 g/mol. The Morgan fingerprint density at radius 2 is 1.83 bits per heavy atom. The minimum atomic E-state index is -0.113. The van der Waals surface area contributed by atoms with Crippen molar-refractivity contribution < 1.29 is 14.6 Å². The smallest absolute Gasteiger partial charge is 0.409 e. The van der Waals surface area contributed by atoms with Crippen molar-refractivity contribution in [3.05, 3.63) is 0 Å². The molecule has 0 aromatic heterocycles. The number of nitrogens with zero attached hydrogens (tertiary/aromatic N) is 2. The molecule has 3 aliphatic rings. The molecule has 5 nitrogen and oxygen atoms in total. The number of ether oxygens (including phenoxy) is 1. The summed E-state index contributed by atoms with van der Waals surface area (Å²) in [6, 6.07) is 0.671. The molecular formula is C19H34N2O3. The molecule has 1 saturated carbocycles. The van der Waals surface area contributed by atoms with E-state index in [2.05, 4.69) is 11.8 Å². The van der Waals surface area contributed by atoms with Crippen LogP contribution in [-0.2, 0) is 4.74 Å². The number of aliphatic hydroxyl groups excluding tert-OH is 1. The Balaban J connectivity index is 1.41. The van der Waals surface area contributed by atoms with Crippen molar-refractivity contribution >= 4 is 6.09 Å². The molecule has 24 heavy (non-hydrogen) atoms. The summed E-state index contributed by atoms with van der Waals surface area (Å²) in [6.07, 6.45) is 10.1. The van der Waals surface area contributed by atoms with Crippen LogP contribution in [0.4, 0.5) is 4.79 Å². The van der Waals surface area contributed by atoms with Gasteiger partial charge in [-0.05, 0) is 56.8 Å². The van der Waals surface area contributed by atoms with Crippen LogP contribution in [0.25, 0.3) is 0 Å². The first-order valence-electron chi connectivity index (χ1n) is 9.96. The fourth-order valence-corrected chi connectivity index (χ4v) is 4.74. The van der Waals surface area contributed by atoms with Crippen molar-refractivity contribution in [3.8, 4) is 0 Å². The lowest BCUT2D eigenvalue weighted by molar-refractivity contribution is 0.0281. The van der Waals surface area contributed by atoms with Crippen LogP contribution in [0.3, 0.4) is 0 Å². The van der Waals surface area contributed by atoms with Gasteiger partial charge in [0.15, 0.2) is 0 Å². The van der Waals surface area contributed by atoms with Gasteiger partial charge in [0, 0.05) is 32.2 Å². The van der Waals surface area contributed by atoms with Crippen LogP contribution >= 0.6 is 0 Å². The van der Waals surface area contributed by atoms with E-state index in [4.69, 9.17) is 4.74 Å². The highest BCUT2D eigenvalue weighted by atomic mass is 16.6. The zero-order chi connectivity index (χ0) is 17.0. The van der Waals surface area contributed by atoms with Crippen LogP contribution in [0.2, 0.25) is 0 Å². The average molecular weight is 338 g/mol. The van der Waals surface area contributed by atoms with E-state index in [1.165, 1.54) is 25.7 Å². The number of carbonyl (C=O) groups excluding carboxylic acids is 1. The first-order valence-corrected chi connectivity index (χ1v) is 9.96. The van der Waals surface area contributed by atoms with Gasteiger partial charge in [0.2, 0.25) is 0 Å². The Hall–Kier alpha value is -0.810. The molecule has 1 spiro atoms. The van der Waals surface area contributed by atoms with Crippen molar-refractivity contribution in [3.63, 3.8) is 0 Å². The predicted octanol–water partition coefficient (Wildman–Crippen LogP) is 3.01. The molecule has 3 rings (SSSR count). The second kappa shape index (κ2) is 8.05. The molecule has 5 heteroatoms. The molecule has 0 bridgehead atoms. The van der Waals surface area contributed by atoms with Gasteiger partial charge in [0.05, 0.1) is 12.7 Å². The van der Waals surface area contributed by atoms with Crippen LogP contribution in [0.1, 0.15) is 64.7 Å². The van der Waals surface area contributed by atoms with E-state index in [0.717, 1.165) is 58.3 Å². The molecule has 1 aliphatic carbocycles. The highest BCUT2D eigenvalue weighted by molar-refractivity contribution is 5.67. The SMILES string of the molecule is CCCCOC(=O)N1CCC2(CCC(N3CC[C@@H](O)C3)CC2)CC1. The molecule has 2 heterocycles. The summed E-state index contributed by atoms with van der Waals surface area (Å²) in [4.78, 5) is 16.5. The van der Waals surface area contributed by atoms with Crippen molar-refractivity contribution in [2.75, 3.05) is 32.8 Å². The predicted molar refractivity (Wildman–Crippen MR) is 93.9 cm³/mol. The van der Waals surface area contributed by atoms with Gasteiger partial charge >= 0.3 is 6.09 Å². The summed E-state index contributed by atoms with van der Waals surface area (Å²) in [5.41, 5.74) is 0.453. The van der Waals surface area contributed by atoms with E-state index < -0.39 is 0 Å². The maximum absolute atomic E-state index is 12.1. The molecule has 1 atom stereocenters. The Bertz CT molecular complexity index is 411. The third kappa shape index (κ3) is 4.23. The quantitative estimate of drug-likeness (QED) is 0.801. The van der Waals surface area contributed by atoms with E-state index >= 15 is 0 Å². The highest BCUT2D eigenvalue weighted by Crippen LogP contribution is 2.46. The number of carbonyl (C=O) groups is 1. The summed E-state index contributed by atoms with van der Waals surface area (Å²) < 4.78 is 5.35. The van der Waals surface area contributed by atoms with Gasteiger partial charge in [0.1, 0.15) is 0 Å². The van der Waals surface area contributed by atoms with Crippen LogP contribution in [0, 0.1) is 5.41 Å². The first kappa shape index (κ1) is 18.0. The number of amides is 1. The number of hydrogen-bond donors (Lipinski definition) is 1.